The largest absolute Gasteiger partial charge is 0.376 e. The summed E-state index contributed by atoms with van der Waals surface area (Å²) in [6.45, 7) is 2.27. The van der Waals surface area contributed by atoms with Gasteiger partial charge < -0.3 is 10.5 Å². The lowest BCUT2D eigenvalue weighted by molar-refractivity contribution is 0.0512. The second-order valence-corrected chi connectivity index (χ2v) is 5.62. The van der Waals surface area contributed by atoms with Gasteiger partial charge in [-0.25, -0.2) is 0 Å². The van der Waals surface area contributed by atoms with Crippen molar-refractivity contribution in [1.29, 1.82) is 0 Å². The van der Waals surface area contributed by atoms with E-state index in [0.29, 0.717) is 18.4 Å². The van der Waals surface area contributed by atoms with Gasteiger partial charge in [-0.05, 0) is 48.9 Å². The molecule has 100 valence electrons. The lowest BCUT2D eigenvalue weighted by Gasteiger charge is -2.30. The average Bonchev–Trinajstić information content (AvgIpc) is 2.39. The zero-order valence-electron chi connectivity index (χ0n) is 10.8. The summed E-state index contributed by atoms with van der Waals surface area (Å²) >= 11 is 5.95. The maximum atomic E-state index is 5.95. The first kappa shape index (κ1) is 13.9. The van der Waals surface area contributed by atoms with Crippen molar-refractivity contribution in [2.75, 3.05) is 13.2 Å². The van der Waals surface area contributed by atoms with E-state index in [-0.39, 0.29) is 0 Å². The van der Waals surface area contributed by atoms with Crippen molar-refractivity contribution in [2.24, 2.45) is 17.6 Å². The summed E-state index contributed by atoms with van der Waals surface area (Å²) in [6, 6.07) is 7.86. The molecule has 0 aliphatic heterocycles. The fourth-order valence-electron chi connectivity index (χ4n) is 2.77. The first-order chi connectivity index (χ1) is 8.79. The highest BCUT2D eigenvalue weighted by atomic mass is 35.5. The normalized spacial score (nSPS) is 24.1. The Labute approximate surface area is 114 Å². The quantitative estimate of drug-likeness (QED) is 0.884. The Balaban J connectivity index is 1.77. The molecule has 0 radical (unpaired) electrons. The Kier molecular flexibility index (Phi) is 5.48. The molecule has 2 atom stereocenters. The Bertz CT molecular complexity index is 369. The molecule has 1 aromatic carbocycles. The first-order valence-corrected chi connectivity index (χ1v) is 7.19. The summed E-state index contributed by atoms with van der Waals surface area (Å²) in [7, 11) is 0. The fraction of sp³-hybridized carbons (Fsp3) is 0.600. The number of benzene rings is 1. The molecule has 2 rings (SSSR count). The van der Waals surface area contributed by atoms with Crippen LogP contribution in [0.25, 0.3) is 0 Å². The van der Waals surface area contributed by atoms with Crippen molar-refractivity contribution in [3.63, 3.8) is 0 Å². The molecule has 0 amide bonds. The van der Waals surface area contributed by atoms with Gasteiger partial charge in [-0.3, -0.25) is 0 Å². The van der Waals surface area contributed by atoms with Gasteiger partial charge in [0.05, 0.1) is 13.2 Å². The number of rotatable bonds is 5. The molecule has 0 bridgehead atoms. The third-order valence-corrected chi connectivity index (χ3v) is 4.09. The molecule has 0 spiro atoms. The van der Waals surface area contributed by atoms with Crippen molar-refractivity contribution >= 4 is 11.6 Å². The zero-order valence-corrected chi connectivity index (χ0v) is 11.5. The van der Waals surface area contributed by atoms with Gasteiger partial charge >= 0.3 is 0 Å². The molecule has 18 heavy (non-hydrogen) atoms. The molecule has 1 aliphatic carbocycles. The van der Waals surface area contributed by atoms with Crippen molar-refractivity contribution in [3.05, 3.63) is 34.9 Å². The second-order valence-electron chi connectivity index (χ2n) is 5.19. The topological polar surface area (TPSA) is 35.2 Å². The van der Waals surface area contributed by atoms with Gasteiger partial charge in [-0.2, -0.15) is 0 Å². The van der Waals surface area contributed by atoms with E-state index in [1.807, 2.05) is 24.3 Å². The predicted molar refractivity (Wildman–Crippen MR) is 75.6 cm³/mol. The van der Waals surface area contributed by atoms with Crippen LogP contribution in [0.3, 0.4) is 0 Å². The minimum Gasteiger partial charge on any atom is -0.376 e. The van der Waals surface area contributed by atoms with Crippen LogP contribution in [0.5, 0.6) is 0 Å². The van der Waals surface area contributed by atoms with Crippen LogP contribution in [0.1, 0.15) is 31.2 Å². The van der Waals surface area contributed by atoms with Crippen LogP contribution < -0.4 is 5.73 Å². The molecule has 2 unspecified atom stereocenters. The molecule has 2 N–H and O–H groups in total. The van der Waals surface area contributed by atoms with Crippen molar-refractivity contribution in [1.82, 2.24) is 0 Å². The van der Waals surface area contributed by atoms with Crippen LogP contribution in [-0.2, 0) is 11.3 Å². The van der Waals surface area contributed by atoms with E-state index in [4.69, 9.17) is 22.1 Å². The monoisotopic (exact) mass is 267 g/mol. The van der Waals surface area contributed by atoms with Gasteiger partial charge in [0.2, 0.25) is 0 Å². The molecular formula is C15H22ClNO. The highest BCUT2D eigenvalue weighted by Crippen LogP contribution is 2.29. The highest BCUT2D eigenvalue weighted by molar-refractivity contribution is 6.30. The van der Waals surface area contributed by atoms with Gasteiger partial charge in [0.1, 0.15) is 0 Å². The highest BCUT2D eigenvalue weighted by Gasteiger charge is 2.23. The Morgan fingerprint density at radius 2 is 2.00 bits per heavy atom. The molecule has 0 heterocycles. The van der Waals surface area contributed by atoms with Gasteiger partial charge in [0.25, 0.3) is 0 Å². The van der Waals surface area contributed by atoms with E-state index in [1.165, 1.54) is 25.7 Å². The number of nitrogens with two attached hydrogens (primary N) is 1. The third kappa shape index (κ3) is 3.98. The van der Waals surface area contributed by atoms with E-state index in [9.17, 15) is 0 Å². The molecule has 1 fully saturated rings. The summed E-state index contributed by atoms with van der Waals surface area (Å²) in [5, 5.41) is 0.772. The van der Waals surface area contributed by atoms with Gasteiger partial charge in [0.15, 0.2) is 0 Å². The fourth-order valence-corrected chi connectivity index (χ4v) is 2.98. The summed E-state index contributed by atoms with van der Waals surface area (Å²) < 4.78 is 5.83. The smallest absolute Gasteiger partial charge is 0.0717 e. The lowest BCUT2D eigenvalue weighted by atomic mass is 9.80. The minimum atomic E-state index is 0.642. The molecule has 3 heteroatoms. The summed E-state index contributed by atoms with van der Waals surface area (Å²) in [5.41, 5.74) is 6.96. The maximum absolute atomic E-state index is 5.95. The number of ether oxygens (including phenoxy) is 1. The maximum Gasteiger partial charge on any atom is 0.0717 e. The van der Waals surface area contributed by atoms with Crippen molar-refractivity contribution in [2.45, 2.75) is 32.3 Å². The average molecular weight is 268 g/mol. The number of halogens is 1. The second kappa shape index (κ2) is 7.13. The Hall–Kier alpha value is -0.570. The summed E-state index contributed by atoms with van der Waals surface area (Å²) in [5.74, 6) is 1.29. The van der Waals surface area contributed by atoms with E-state index in [1.54, 1.807) is 0 Å². The Morgan fingerprint density at radius 3 is 2.72 bits per heavy atom. The van der Waals surface area contributed by atoms with Crippen LogP contribution in [-0.4, -0.2) is 13.2 Å². The number of hydrogen-bond acceptors (Lipinski definition) is 2. The zero-order chi connectivity index (χ0) is 12.8. The van der Waals surface area contributed by atoms with Gasteiger partial charge in [-0.15, -0.1) is 0 Å². The van der Waals surface area contributed by atoms with Crippen LogP contribution in [0, 0.1) is 11.8 Å². The molecule has 0 aromatic heterocycles. The van der Waals surface area contributed by atoms with Gasteiger partial charge in [-0.1, -0.05) is 36.6 Å². The van der Waals surface area contributed by atoms with Gasteiger partial charge in [0, 0.05) is 5.02 Å². The minimum absolute atomic E-state index is 0.642. The molecule has 1 saturated carbocycles. The molecule has 0 saturated heterocycles. The van der Waals surface area contributed by atoms with Crippen molar-refractivity contribution < 1.29 is 4.74 Å². The number of hydrogen-bond donors (Lipinski definition) is 1. The molecular weight excluding hydrogens is 246 g/mol. The van der Waals surface area contributed by atoms with E-state index < -0.39 is 0 Å². The summed E-state index contributed by atoms with van der Waals surface area (Å²) in [6.07, 6.45) is 5.17. The Morgan fingerprint density at radius 1 is 1.22 bits per heavy atom. The molecule has 1 aromatic rings. The predicted octanol–water partition coefficient (Wildman–Crippen LogP) is 3.62. The molecule has 1 aliphatic rings. The molecule has 2 nitrogen and oxygen atoms in total. The van der Waals surface area contributed by atoms with E-state index in [2.05, 4.69) is 0 Å². The van der Waals surface area contributed by atoms with Crippen LogP contribution in [0.15, 0.2) is 24.3 Å². The van der Waals surface area contributed by atoms with E-state index in [0.717, 1.165) is 23.7 Å². The SMILES string of the molecule is NCC1CCCCC1COCc1cccc(Cl)c1. The van der Waals surface area contributed by atoms with Crippen molar-refractivity contribution in [3.8, 4) is 0 Å². The standard InChI is InChI=1S/C15H22ClNO/c16-15-7-3-4-12(8-15)10-18-11-14-6-2-1-5-13(14)9-17/h3-4,7-8,13-14H,1-2,5-6,9-11,17H2. The summed E-state index contributed by atoms with van der Waals surface area (Å²) in [4.78, 5) is 0. The van der Waals surface area contributed by atoms with Crippen LogP contribution in [0.4, 0.5) is 0 Å². The first-order valence-electron chi connectivity index (χ1n) is 6.82. The van der Waals surface area contributed by atoms with Crippen LogP contribution in [0.2, 0.25) is 5.02 Å². The van der Waals surface area contributed by atoms with E-state index >= 15 is 0 Å². The third-order valence-electron chi connectivity index (χ3n) is 3.86. The lowest BCUT2D eigenvalue weighted by Crippen LogP contribution is -2.29. The van der Waals surface area contributed by atoms with Crippen LogP contribution >= 0.6 is 11.6 Å².